The first kappa shape index (κ1) is 14.2. The Bertz CT molecular complexity index is 634. The maximum absolute atomic E-state index is 5.72. The molecule has 1 nitrogen and oxygen atoms in total. The minimum Gasteiger partial charge on any atom is -0.497 e. The molecule has 0 N–H and O–H groups in total. The SMILES string of the molecule is C#CC(Cc1ccc(C)c(C)c1)c1cccc(OC)c1. The number of aryl methyl sites for hydroxylation is 2. The van der Waals surface area contributed by atoms with Gasteiger partial charge in [-0.2, -0.15) is 0 Å². The van der Waals surface area contributed by atoms with Gasteiger partial charge >= 0.3 is 0 Å². The Labute approximate surface area is 121 Å². The number of hydrogen-bond acceptors (Lipinski definition) is 1. The first-order valence-electron chi connectivity index (χ1n) is 6.80. The van der Waals surface area contributed by atoms with Crippen LogP contribution < -0.4 is 4.74 Å². The summed E-state index contributed by atoms with van der Waals surface area (Å²) in [6.45, 7) is 4.26. The Morgan fingerprint density at radius 3 is 2.55 bits per heavy atom. The van der Waals surface area contributed by atoms with E-state index in [-0.39, 0.29) is 5.92 Å². The third-order valence-corrected chi connectivity index (χ3v) is 3.71. The fraction of sp³-hybridized carbons (Fsp3) is 0.263. The summed E-state index contributed by atoms with van der Waals surface area (Å²) < 4.78 is 5.27. The highest BCUT2D eigenvalue weighted by Gasteiger charge is 2.11. The Kier molecular flexibility index (Phi) is 4.48. The van der Waals surface area contributed by atoms with Crippen molar-refractivity contribution in [1.29, 1.82) is 0 Å². The van der Waals surface area contributed by atoms with E-state index in [4.69, 9.17) is 11.2 Å². The molecular formula is C19H20O. The van der Waals surface area contributed by atoms with Crippen LogP contribution in [0.1, 0.15) is 28.2 Å². The molecule has 2 rings (SSSR count). The first-order valence-corrected chi connectivity index (χ1v) is 6.80. The Balaban J connectivity index is 2.24. The summed E-state index contributed by atoms with van der Waals surface area (Å²) >= 11 is 0. The fourth-order valence-electron chi connectivity index (χ4n) is 2.30. The van der Waals surface area contributed by atoms with Crippen molar-refractivity contribution >= 4 is 0 Å². The summed E-state index contributed by atoms with van der Waals surface area (Å²) in [4.78, 5) is 0. The monoisotopic (exact) mass is 264 g/mol. The lowest BCUT2D eigenvalue weighted by atomic mass is 9.91. The second-order valence-corrected chi connectivity index (χ2v) is 5.12. The van der Waals surface area contributed by atoms with Crippen LogP contribution in [0.5, 0.6) is 5.75 Å². The predicted molar refractivity (Wildman–Crippen MR) is 84.2 cm³/mol. The fourth-order valence-corrected chi connectivity index (χ4v) is 2.30. The summed E-state index contributed by atoms with van der Waals surface area (Å²) in [5.74, 6) is 3.82. The lowest BCUT2D eigenvalue weighted by molar-refractivity contribution is 0.414. The van der Waals surface area contributed by atoms with Crippen molar-refractivity contribution < 1.29 is 4.74 Å². The van der Waals surface area contributed by atoms with Crippen molar-refractivity contribution in [3.8, 4) is 18.1 Å². The molecule has 0 amide bonds. The van der Waals surface area contributed by atoms with Gasteiger partial charge in [-0.3, -0.25) is 0 Å². The summed E-state index contributed by atoms with van der Waals surface area (Å²) in [5.41, 5.74) is 5.03. The predicted octanol–water partition coefficient (Wildman–Crippen LogP) is 4.27. The van der Waals surface area contributed by atoms with E-state index in [1.165, 1.54) is 16.7 Å². The summed E-state index contributed by atoms with van der Waals surface area (Å²) in [6, 6.07) is 14.5. The van der Waals surface area contributed by atoms with Crippen LogP contribution in [0, 0.1) is 26.2 Å². The van der Waals surface area contributed by atoms with E-state index >= 15 is 0 Å². The summed E-state index contributed by atoms with van der Waals surface area (Å²) in [5, 5.41) is 0. The highest BCUT2D eigenvalue weighted by atomic mass is 16.5. The maximum atomic E-state index is 5.72. The van der Waals surface area contributed by atoms with Crippen molar-refractivity contribution in [2.75, 3.05) is 7.11 Å². The first-order chi connectivity index (χ1) is 9.63. The van der Waals surface area contributed by atoms with E-state index in [1.807, 2.05) is 18.2 Å². The molecule has 0 saturated carbocycles. The van der Waals surface area contributed by atoms with E-state index in [1.54, 1.807) is 7.11 Å². The van der Waals surface area contributed by atoms with Crippen LogP contribution in [0.3, 0.4) is 0 Å². The van der Waals surface area contributed by atoms with Crippen LogP contribution >= 0.6 is 0 Å². The molecule has 0 saturated heterocycles. The normalized spacial score (nSPS) is 11.7. The molecule has 0 bridgehead atoms. The molecule has 0 heterocycles. The number of benzene rings is 2. The number of rotatable bonds is 4. The maximum Gasteiger partial charge on any atom is 0.119 e. The Morgan fingerprint density at radius 2 is 1.90 bits per heavy atom. The van der Waals surface area contributed by atoms with Crippen molar-refractivity contribution in [3.05, 3.63) is 64.7 Å². The lowest BCUT2D eigenvalue weighted by Gasteiger charge is -2.13. The molecule has 2 aromatic rings. The molecule has 0 aromatic heterocycles. The van der Waals surface area contributed by atoms with Gasteiger partial charge in [-0.15, -0.1) is 6.42 Å². The molecule has 2 aromatic carbocycles. The van der Waals surface area contributed by atoms with Crippen LogP contribution in [0.25, 0.3) is 0 Å². The smallest absolute Gasteiger partial charge is 0.119 e. The van der Waals surface area contributed by atoms with E-state index in [2.05, 4.69) is 44.0 Å². The summed E-state index contributed by atoms with van der Waals surface area (Å²) in [6.07, 6.45) is 6.57. The zero-order valence-corrected chi connectivity index (χ0v) is 12.3. The van der Waals surface area contributed by atoms with Crippen molar-refractivity contribution in [2.45, 2.75) is 26.2 Å². The van der Waals surface area contributed by atoms with Gasteiger partial charge in [0.25, 0.3) is 0 Å². The third-order valence-electron chi connectivity index (χ3n) is 3.71. The van der Waals surface area contributed by atoms with Crippen LogP contribution in [0.15, 0.2) is 42.5 Å². The zero-order chi connectivity index (χ0) is 14.5. The summed E-state index contributed by atoms with van der Waals surface area (Å²) in [7, 11) is 1.67. The molecular weight excluding hydrogens is 244 g/mol. The number of ether oxygens (including phenoxy) is 1. The lowest BCUT2D eigenvalue weighted by Crippen LogP contribution is -2.01. The quantitative estimate of drug-likeness (QED) is 0.749. The van der Waals surface area contributed by atoms with Gasteiger partial charge in [0.15, 0.2) is 0 Å². The molecule has 1 unspecified atom stereocenters. The highest BCUT2D eigenvalue weighted by Crippen LogP contribution is 2.24. The minimum atomic E-state index is 0.0761. The van der Waals surface area contributed by atoms with E-state index < -0.39 is 0 Å². The zero-order valence-electron chi connectivity index (χ0n) is 12.3. The van der Waals surface area contributed by atoms with Gasteiger partial charge in [-0.1, -0.05) is 36.3 Å². The largest absolute Gasteiger partial charge is 0.497 e. The molecule has 0 aliphatic rings. The van der Waals surface area contributed by atoms with Gasteiger partial charge < -0.3 is 4.74 Å². The molecule has 0 fully saturated rings. The molecule has 0 aliphatic heterocycles. The highest BCUT2D eigenvalue weighted by molar-refractivity contribution is 5.37. The third kappa shape index (κ3) is 3.22. The van der Waals surface area contributed by atoms with Gasteiger partial charge in [0.1, 0.15) is 5.75 Å². The number of terminal acetylenes is 1. The van der Waals surface area contributed by atoms with Crippen molar-refractivity contribution in [1.82, 2.24) is 0 Å². The minimum absolute atomic E-state index is 0.0761. The topological polar surface area (TPSA) is 9.23 Å². The second kappa shape index (κ2) is 6.30. The van der Waals surface area contributed by atoms with E-state index in [0.29, 0.717) is 0 Å². The van der Waals surface area contributed by atoms with Gasteiger partial charge in [0.2, 0.25) is 0 Å². The van der Waals surface area contributed by atoms with Crippen LogP contribution in [0.2, 0.25) is 0 Å². The standard InChI is InChI=1S/C19H20O/c1-5-17(18-7-6-8-19(13-18)20-4)12-16-10-9-14(2)15(3)11-16/h1,6-11,13,17H,12H2,2-4H3. The second-order valence-electron chi connectivity index (χ2n) is 5.12. The molecule has 1 atom stereocenters. The molecule has 0 spiro atoms. The molecule has 102 valence electrons. The molecule has 0 aliphatic carbocycles. The average Bonchev–Trinajstić information content (AvgIpc) is 2.48. The van der Waals surface area contributed by atoms with Gasteiger partial charge in [0, 0.05) is 5.92 Å². The van der Waals surface area contributed by atoms with Crippen LogP contribution in [-0.2, 0) is 6.42 Å². The molecule has 0 radical (unpaired) electrons. The van der Waals surface area contributed by atoms with E-state index in [0.717, 1.165) is 17.7 Å². The number of hydrogen-bond donors (Lipinski definition) is 0. The van der Waals surface area contributed by atoms with Gasteiger partial charge in [-0.05, 0) is 54.7 Å². The van der Waals surface area contributed by atoms with Crippen molar-refractivity contribution in [2.24, 2.45) is 0 Å². The van der Waals surface area contributed by atoms with E-state index in [9.17, 15) is 0 Å². The molecule has 20 heavy (non-hydrogen) atoms. The van der Waals surface area contributed by atoms with Crippen LogP contribution in [-0.4, -0.2) is 7.11 Å². The Morgan fingerprint density at radius 1 is 1.10 bits per heavy atom. The van der Waals surface area contributed by atoms with Crippen molar-refractivity contribution in [3.63, 3.8) is 0 Å². The average molecular weight is 264 g/mol. The van der Waals surface area contributed by atoms with Crippen LogP contribution in [0.4, 0.5) is 0 Å². The number of methoxy groups -OCH3 is 1. The molecule has 1 heteroatoms. The van der Waals surface area contributed by atoms with Gasteiger partial charge in [0.05, 0.1) is 7.11 Å². The Hall–Kier alpha value is -2.20. The van der Waals surface area contributed by atoms with Gasteiger partial charge in [-0.25, -0.2) is 0 Å².